The van der Waals surface area contributed by atoms with Crippen molar-refractivity contribution in [1.29, 1.82) is 0 Å². The van der Waals surface area contributed by atoms with E-state index >= 15 is 0 Å². The first kappa shape index (κ1) is 15.8. The fourth-order valence-corrected chi connectivity index (χ4v) is 3.06. The van der Waals surface area contributed by atoms with Gasteiger partial charge in [0.05, 0.1) is 12.6 Å². The van der Waals surface area contributed by atoms with Gasteiger partial charge in [0, 0.05) is 30.1 Å². The Hall–Kier alpha value is -2.05. The highest BCUT2D eigenvalue weighted by Crippen LogP contribution is 2.15. The zero-order valence-corrected chi connectivity index (χ0v) is 13.9. The summed E-state index contributed by atoms with van der Waals surface area (Å²) in [4.78, 5) is 10.1. The number of pyridine rings is 1. The number of aliphatic hydroxyl groups excluding tert-OH is 1. The lowest BCUT2D eigenvalue weighted by Crippen LogP contribution is -2.18. The van der Waals surface area contributed by atoms with Crippen LogP contribution < -0.4 is 0 Å². The molecule has 1 N–H and O–H groups in total. The van der Waals surface area contributed by atoms with Gasteiger partial charge in [0.1, 0.15) is 5.82 Å². The molecule has 0 amide bonds. The molecule has 0 saturated heterocycles. The van der Waals surface area contributed by atoms with Gasteiger partial charge in [0.25, 0.3) is 0 Å². The predicted molar refractivity (Wildman–Crippen MR) is 90.5 cm³/mol. The Labute approximate surface area is 139 Å². The number of aromatic nitrogens is 4. The molecule has 0 radical (unpaired) electrons. The summed E-state index contributed by atoms with van der Waals surface area (Å²) >= 11 is 1.71. The summed E-state index contributed by atoms with van der Waals surface area (Å²) in [5.41, 5.74) is 1.09. The Morgan fingerprint density at radius 3 is 2.87 bits per heavy atom. The van der Waals surface area contributed by atoms with E-state index in [4.69, 9.17) is 0 Å². The molecule has 1 atom stereocenters. The minimum Gasteiger partial charge on any atom is -0.391 e. The van der Waals surface area contributed by atoms with Gasteiger partial charge in [-0.1, -0.05) is 19.1 Å². The smallest absolute Gasteiger partial charge is 0.156 e. The summed E-state index contributed by atoms with van der Waals surface area (Å²) in [7, 11) is 0. The summed E-state index contributed by atoms with van der Waals surface area (Å²) in [5.74, 6) is 1.67. The van der Waals surface area contributed by atoms with Gasteiger partial charge in [0.2, 0.25) is 0 Å². The second kappa shape index (κ2) is 7.48. The molecule has 0 fully saturated rings. The van der Waals surface area contributed by atoms with Gasteiger partial charge in [-0.2, -0.15) is 5.10 Å². The van der Waals surface area contributed by atoms with E-state index in [0.29, 0.717) is 19.4 Å². The molecule has 0 spiro atoms. The lowest BCUT2D eigenvalue weighted by molar-refractivity contribution is 0.144. The number of nitrogens with zero attached hydrogens (tertiary/aromatic N) is 4. The SMILES string of the molecule is CC[C@@H](O)Cn1nc(Cc2cccs2)nc1Cc1cccnc1. The fraction of sp³-hybridized carbons (Fsp3) is 0.353. The lowest BCUT2D eigenvalue weighted by atomic mass is 10.2. The van der Waals surface area contributed by atoms with Crippen LogP contribution in [0, 0.1) is 0 Å². The molecular weight excluding hydrogens is 308 g/mol. The molecular formula is C17H20N4OS. The first-order valence-electron chi connectivity index (χ1n) is 7.76. The Bertz CT molecular complexity index is 724. The molecule has 0 bridgehead atoms. The van der Waals surface area contributed by atoms with Crippen LogP contribution in [0.15, 0.2) is 42.0 Å². The van der Waals surface area contributed by atoms with Crippen LogP contribution >= 0.6 is 11.3 Å². The topological polar surface area (TPSA) is 63.8 Å². The molecule has 0 saturated carbocycles. The molecule has 5 nitrogen and oxygen atoms in total. The van der Waals surface area contributed by atoms with Crippen molar-refractivity contribution in [1.82, 2.24) is 19.7 Å². The number of hydrogen-bond acceptors (Lipinski definition) is 5. The van der Waals surface area contributed by atoms with Crippen molar-refractivity contribution in [2.45, 2.75) is 38.8 Å². The number of hydrogen-bond donors (Lipinski definition) is 1. The molecule has 3 heterocycles. The minimum absolute atomic E-state index is 0.404. The molecule has 3 rings (SSSR count). The highest BCUT2D eigenvalue weighted by Gasteiger charge is 2.14. The van der Waals surface area contributed by atoms with Crippen molar-refractivity contribution in [2.75, 3.05) is 0 Å². The van der Waals surface area contributed by atoms with E-state index in [1.54, 1.807) is 17.5 Å². The summed E-state index contributed by atoms with van der Waals surface area (Å²) in [6.45, 7) is 2.44. The molecule has 3 aromatic rings. The molecule has 0 aliphatic rings. The number of rotatable bonds is 7. The van der Waals surface area contributed by atoms with Crippen molar-refractivity contribution in [3.63, 3.8) is 0 Å². The van der Waals surface area contributed by atoms with Crippen molar-refractivity contribution < 1.29 is 5.11 Å². The van der Waals surface area contributed by atoms with Gasteiger partial charge in [-0.05, 0) is 29.5 Å². The van der Waals surface area contributed by atoms with Crippen LogP contribution in [0.25, 0.3) is 0 Å². The zero-order valence-electron chi connectivity index (χ0n) is 13.1. The molecule has 0 aromatic carbocycles. The minimum atomic E-state index is -0.404. The second-order valence-corrected chi connectivity index (χ2v) is 6.51. The van der Waals surface area contributed by atoms with E-state index in [1.165, 1.54) is 4.88 Å². The summed E-state index contributed by atoms with van der Waals surface area (Å²) in [6, 6.07) is 8.08. The molecule has 0 aliphatic carbocycles. The normalized spacial score (nSPS) is 12.4. The Kier molecular flexibility index (Phi) is 5.15. The third-order valence-electron chi connectivity index (χ3n) is 3.64. The van der Waals surface area contributed by atoms with Gasteiger partial charge >= 0.3 is 0 Å². The maximum atomic E-state index is 9.97. The average Bonchev–Trinajstić information content (AvgIpc) is 3.19. The summed E-state index contributed by atoms with van der Waals surface area (Å²) in [5, 5.41) is 16.6. The first-order chi connectivity index (χ1) is 11.2. The quantitative estimate of drug-likeness (QED) is 0.724. The van der Waals surface area contributed by atoms with Crippen LogP contribution in [0.4, 0.5) is 0 Å². The molecule has 23 heavy (non-hydrogen) atoms. The number of aliphatic hydroxyl groups is 1. The first-order valence-corrected chi connectivity index (χ1v) is 8.64. The fourth-order valence-electron chi connectivity index (χ4n) is 2.36. The predicted octanol–water partition coefficient (Wildman–Crippen LogP) is 2.69. The molecule has 120 valence electrons. The Balaban J connectivity index is 1.83. The van der Waals surface area contributed by atoms with Crippen LogP contribution in [-0.2, 0) is 19.4 Å². The van der Waals surface area contributed by atoms with E-state index in [1.807, 2.05) is 36.0 Å². The van der Waals surface area contributed by atoms with Crippen LogP contribution in [0.2, 0.25) is 0 Å². The summed E-state index contributed by atoms with van der Waals surface area (Å²) in [6.07, 6.45) is 5.30. The van der Waals surface area contributed by atoms with Gasteiger partial charge in [0.15, 0.2) is 5.82 Å². The van der Waals surface area contributed by atoms with Crippen molar-refractivity contribution >= 4 is 11.3 Å². The summed E-state index contributed by atoms with van der Waals surface area (Å²) < 4.78 is 1.84. The maximum absolute atomic E-state index is 9.97. The van der Waals surface area contributed by atoms with Gasteiger partial charge < -0.3 is 5.11 Å². The second-order valence-electron chi connectivity index (χ2n) is 5.48. The van der Waals surface area contributed by atoms with E-state index in [-0.39, 0.29) is 0 Å². The van der Waals surface area contributed by atoms with Crippen molar-refractivity contribution in [3.8, 4) is 0 Å². The lowest BCUT2D eigenvalue weighted by Gasteiger charge is -2.10. The monoisotopic (exact) mass is 328 g/mol. The van der Waals surface area contributed by atoms with Gasteiger partial charge in [-0.25, -0.2) is 9.67 Å². The molecule has 0 aliphatic heterocycles. The van der Waals surface area contributed by atoms with Crippen LogP contribution in [0.1, 0.15) is 35.4 Å². The van der Waals surface area contributed by atoms with Crippen LogP contribution in [-0.4, -0.2) is 31.0 Å². The van der Waals surface area contributed by atoms with Crippen molar-refractivity contribution in [2.24, 2.45) is 0 Å². The molecule has 6 heteroatoms. The third kappa shape index (κ3) is 4.24. The van der Waals surface area contributed by atoms with E-state index in [9.17, 15) is 5.11 Å². The van der Waals surface area contributed by atoms with Crippen LogP contribution in [0.3, 0.4) is 0 Å². The number of thiophene rings is 1. The molecule has 0 unspecified atom stereocenters. The largest absolute Gasteiger partial charge is 0.391 e. The van der Waals surface area contributed by atoms with Crippen molar-refractivity contribution in [3.05, 3.63) is 64.1 Å². The molecule has 3 aromatic heterocycles. The van der Waals surface area contributed by atoms with E-state index < -0.39 is 6.10 Å². The standard InChI is InChI=1S/C17H20N4OS/c1-2-14(22)12-21-17(9-13-5-3-7-18-11-13)19-16(20-21)10-15-6-4-8-23-15/h3-8,11,14,22H,2,9-10,12H2,1H3/t14-/m1/s1. The average molecular weight is 328 g/mol. The van der Waals surface area contributed by atoms with Gasteiger partial charge in [-0.3, -0.25) is 4.98 Å². The Morgan fingerprint density at radius 2 is 2.17 bits per heavy atom. The maximum Gasteiger partial charge on any atom is 0.156 e. The van der Waals surface area contributed by atoms with Crippen LogP contribution in [0.5, 0.6) is 0 Å². The zero-order chi connectivity index (χ0) is 16.1. The highest BCUT2D eigenvalue weighted by atomic mass is 32.1. The van der Waals surface area contributed by atoms with E-state index in [2.05, 4.69) is 26.5 Å². The third-order valence-corrected chi connectivity index (χ3v) is 4.52. The highest BCUT2D eigenvalue weighted by molar-refractivity contribution is 7.09. The van der Waals surface area contributed by atoms with E-state index in [0.717, 1.165) is 23.6 Å². The Morgan fingerprint density at radius 1 is 1.26 bits per heavy atom. The van der Waals surface area contributed by atoms with Gasteiger partial charge in [-0.15, -0.1) is 11.3 Å².